The summed E-state index contributed by atoms with van der Waals surface area (Å²) in [6.07, 6.45) is -0.417. The minimum absolute atomic E-state index is 0.0502. The Kier molecular flexibility index (Phi) is 5.21. The molecule has 0 bridgehead atoms. The van der Waals surface area contributed by atoms with Gasteiger partial charge in [0.25, 0.3) is 0 Å². The van der Waals surface area contributed by atoms with Gasteiger partial charge in [-0.2, -0.15) is 10.5 Å². The standard InChI is InChI=1S/C18H14N2O4S/c1-12(2)24-18(21)14-7-3-4-8-16(14)25(22,23)17-9-5-6-13(10-19)15(17)11-20/h3-9,12H,1-2H3. The Morgan fingerprint density at radius 2 is 1.64 bits per heavy atom. The van der Waals surface area contributed by atoms with Gasteiger partial charge in [-0.05, 0) is 38.1 Å². The Hall–Kier alpha value is -3.16. The smallest absolute Gasteiger partial charge is 0.339 e. The quantitative estimate of drug-likeness (QED) is 0.781. The maximum atomic E-state index is 13.0. The average Bonchev–Trinajstić information content (AvgIpc) is 2.60. The molecule has 2 aromatic rings. The number of sulfone groups is 1. The third kappa shape index (κ3) is 3.52. The highest BCUT2D eigenvalue weighted by Crippen LogP contribution is 2.28. The highest BCUT2D eigenvalue weighted by molar-refractivity contribution is 7.91. The number of rotatable bonds is 4. The molecular formula is C18H14N2O4S. The van der Waals surface area contributed by atoms with Crippen LogP contribution in [0.3, 0.4) is 0 Å². The molecule has 0 saturated heterocycles. The molecule has 2 rings (SSSR count). The van der Waals surface area contributed by atoms with E-state index in [1.165, 1.54) is 42.5 Å². The zero-order chi connectivity index (χ0) is 18.6. The molecule has 126 valence electrons. The van der Waals surface area contributed by atoms with E-state index >= 15 is 0 Å². The number of carbonyl (C=O) groups excluding carboxylic acids is 1. The van der Waals surface area contributed by atoms with Crippen LogP contribution in [0.5, 0.6) is 0 Å². The van der Waals surface area contributed by atoms with Crippen LogP contribution in [-0.4, -0.2) is 20.5 Å². The van der Waals surface area contributed by atoms with Crippen molar-refractivity contribution in [2.45, 2.75) is 29.7 Å². The number of esters is 1. The van der Waals surface area contributed by atoms with E-state index < -0.39 is 21.9 Å². The summed E-state index contributed by atoms with van der Waals surface area (Å²) >= 11 is 0. The zero-order valence-electron chi connectivity index (χ0n) is 13.6. The van der Waals surface area contributed by atoms with Crippen molar-refractivity contribution in [2.75, 3.05) is 0 Å². The predicted molar refractivity (Wildman–Crippen MR) is 88.3 cm³/mol. The number of nitrogens with zero attached hydrogens (tertiary/aromatic N) is 2. The van der Waals surface area contributed by atoms with Crippen molar-refractivity contribution in [3.8, 4) is 12.1 Å². The largest absolute Gasteiger partial charge is 0.459 e. The van der Waals surface area contributed by atoms with E-state index in [0.717, 1.165) is 0 Å². The lowest BCUT2D eigenvalue weighted by Crippen LogP contribution is -2.16. The van der Waals surface area contributed by atoms with Crippen molar-refractivity contribution in [3.05, 3.63) is 59.2 Å². The van der Waals surface area contributed by atoms with E-state index in [1.54, 1.807) is 26.0 Å². The first kappa shape index (κ1) is 18.2. The number of benzene rings is 2. The fourth-order valence-corrected chi connectivity index (χ4v) is 3.85. The number of hydrogen-bond acceptors (Lipinski definition) is 6. The molecule has 2 aromatic carbocycles. The molecule has 0 unspecified atom stereocenters. The fourth-order valence-electron chi connectivity index (χ4n) is 2.23. The van der Waals surface area contributed by atoms with Gasteiger partial charge < -0.3 is 4.74 Å². The van der Waals surface area contributed by atoms with Gasteiger partial charge in [0, 0.05) is 0 Å². The fraction of sp³-hybridized carbons (Fsp3) is 0.167. The summed E-state index contributed by atoms with van der Waals surface area (Å²) in [5, 5.41) is 18.4. The molecule has 6 nitrogen and oxygen atoms in total. The Bertz CT molecular complexity index is 1010. The second kappa shape index (κ2) is 7.16. The van der Waals surface area contributed by atoms with E-state index in [0.29, 0.717) is 0 Å². The van der Waals surface area contributed by atoms with Crippen LogP contribution in [0.25, 0.3) is 0 Å². The third-order valence-electron chi connectivity index (χ3n) is 3.29. The molecule has 0 amide bonds. The molecule has 0 heterocycles. The molecule has 0 aliphatic rings. The molecule has 25 heavy (non-hydrogen) atoms. The van der Waals surface area contributed by atoms with Gasteiger partial charge in [-0.3, -0.25) is 0 Å². The van der Waals surface area contributed by atoms with Crippen LogP contribution in [0, 0.1) is 22.7 Å². The maximum absolute atomic E-state index is 13.0. The summed E-state index contributed by atoms with van der Waals surface area (Å²) < 4.78 is 31.1. The Morgan fingerprint density at radius 3 is 2.24 bits per heavy atom. The average molecular weight is 354 g/mol. The van der Waals surface area contributed by atoms with Crippen molar-refractivity contribution in [1.29, 1.82) is 10.5 Å². The zero-order valence-corrected chi connectivity index (χ0v) is 14.4. The van der Waals surface area contributed by atoms with Gasteiger partial charge >= 0.3 is 5.97 Å². The Balaban J connectivity index is 2.70. The molecule has 7 heteroatoms. The molecule has 0 aliphatic carbocycles. The van der Waals surface area contributed by atoms with Crippen molar-refractivity contribution in [2.24, 2.45) is 0 Å². The van der Waals surface area contributed by atoms with E-state index in [4.69, 9.17) is 10.00 Å². The number of carbonyl (C=O) groups is 1. The van der Waals surface area contributed by atoms with Crippen molar-refractivity contribution >= 4 is 15.8 Å². The topological polar surface area (TPSA) is 108 Å². The van der Waals surface area contributed by atoms with Crippen LogP contribution in [0.1, 0.15) is 35.3 Å². The SMILES string of the molecule is CC(C)OC(=O)c1ccccc1S(=O)(=O)c1cccc(C#N)c1C#N. The Morgan fingerprint density at radius 1 is 1.00 bits per heavy atom. The summed E-state index contributed by atoms with van der Waals surface area (Å²) in [6, 6.07) is 13.1. The summed E-state index contributed by atoms with van der Waals surface area (Å²) in [7, 11) is -4.20. The first-order valence-corrected chi connectivity index (χ1v) is 8.79. The van der Waals surface area contributed by atoms with Gasteiger partial charge in [0.15, 0.2) is 0 Å². The van der Waals surface area contributed by atoms with Crippen LogP contribution in [0.2, 0.25) is 0 Å². The number of nitriles is 2. The monoisotopic (exact) mass is 354 g/mol. The summed E-state index contributed by atoms with van der Waals surface area (Å²) in [5.74, 6) is -0.774. The first-order valence-electron chi connectivity index (χ1n) is 7.31. The molecule has 0 spiro atoms. The normalized spacial score (nSPS) is 10.8. The van der Waals surface area contributed by atoms with E-state index in [9.17, 15) is 18.5 Å². The van der Waals surface area contributed by atoms with Gasteiger partial charge in [-0.15, -0.1) is 0 Å². The van der Waals surface area contributed by atoms with Crippen LogP contribution in [0.15, 0.2) is 52.3 Å². The van der Waals surface area contributed by atoms with Crippen LogP contribution in [-0.2, 0) is 14.6 Å². The van der Waals surface area contributed by atoms with Gasteiger partial charge in [-0.1, -0.05) is 18.2 Å². The van der Waals surface area contributed by atoms with Crippen LogP contribution >= 0.6 is 0 Å². The maximum Gasteiger partial charge on any atom is 0.339 e. The van der Waals surface area contributed by atoms with Crippen LogP contribution < -0.4 is 0 Å². The minimum atomic E-state index is -4.20. The van der Waals surface area contributed by atoms with Gasteiger partial charge in [0.05, 0.1) is 32.6 Å². The highest BCUT2D eigenvalue weighted by Gasteiger charge is 2.28. The highest BCUT2D eigenvalue weighted by atomic mass is 32.2. The molecule has 0 fully saturated rings. The van der Waals surface area contributed by atoms with E-state index in [-0.39, 0.29) is 26.5 Å². The summed E-state index contributed by atoms with van der Waals surface area (Å²) in [6.45, 7) is 3.30. The minimum Gasteiger partial charge on any atom is -0.459 e. The molecule has 0 radical (unpaired) electrons. The molecule has 0 aliphatic heterocycles. The first-order chi connectivity index (χ1) is 11.8. The molecule has 0 saturated carbocycles. The molecule has 0 N–H and O–H groups in total. The second-order valence-corrected chi connectivity index (χ2v) is 7.24. The molecule has 0 aromatic heterocycles. The van der Waals surface area contributed by atoms with Gasteiger partial charge in [0.2, 0.25) is 9.84 Å². The number of ether oxygens (including phenoxy) is 1. The predicted octanol–water partition coefficient (Wildman–Crippen LogP) is 2.83. The lowest BCUT2D eigenvalue weighted by molar-refractivity contribution is 0.0373. The lowest BCUT2D eigenvalue weighted by atomic mass is 10.1. The molecule has 0 atom stereocenters. The number of hydrogen-bond donors (Lipinski definition) is 0. The van der Waals surface area contributed by atoms with Gasteiger partial charge in [-0.25, -0.2) is 13.2 Å². The van der Waals surface area contributed by atoms with Crippen molar-refractivity contribution in [1.82, 2.24) is 0 Å². The molecular weight excluding hydrogens is 340 g/mol. The van der Waals surface area contributed by atoms with Crippen molar-refractivity contribution in [3.63, 3.8) is 0 Å². The Labute approximate surface area is 145 Å². The lowest BCUT2D eigenvalue weighted by Gasteiger charge is -2.13. The third-order valence-corrected chi connectivity index (χ3v) is 5.14. The summed E-state index contributed by atoms with van der Waals surface area (Å²) in [4.78, 5) is 11.6. The van der Waals surface area contributed by atoms with E-state index in [2.05, 4.69) is 0 Å². The second-order valence-electron chi connectivity index (χ2n) is 5.36. The van der Waals surface area contributed by atoms with Crippen molar-refractivity contribution < 1.29 is 17.9 Å². The van der Waals surface area contributed by atoms with Crippen LogP contribution in [0.4, 0.5) is 0 Å². The van der Waals surface area contributed by atoms with Gasteiger partial charge in [0.1, 0.15) is 12.1 Å². The summed E-state index contributed by atoms with van der Waals surface area (Å²) in [5.41, 5.74) is -0.426. The van der Waals surface area contributed by atoms with E-state index in [1.807, 2.05) is 0 Å².